The van der Waals surface area contributed by atoms with Gasteiger partial charge < -0.3 is 6.42 Å². The van der Waals surface area contributed by atoms with Crippen LogP contribution in [0, 0.1) is 153 Å². The van der Waals surface area contributed by atoms with E-state index in [0.29, 0.717) is 10.8 Å². The van der Waals surface area contributed by atoms with E-state index in [0.717, 1.165) is 136 Å². The third-order valence-electron chi connectivity index (χ3n) is 19.0. The van der Waals surface area contributed by atoms with Crippen LogP contribution in [-0.4, -0.2) is 0 Å². The Morgan fingerprint density at radius 1 is 0.347 bits per heavy atom. The van der Waals surface area contributed by atoms with Crippen molar-refractivity contribution in [1.82, 2.24) is 0 Å². The van der Waals surface area contributed by atoms with Crippen molar-refractivity contribution >= 4 is 0 Å². The Bertz CT molecular complexity index is 1050. The summed E-state index contributed by atoms with van der Waals surface area (Å²) in [6.45, 7) is 97.0. The summed E-state index contributed by atoms with van der Waals surface area (Å²) in [5.41, 5.74) is 1.68. The van der Waals surface area contributed by atoms with E-state index in [1.807, 2.05) is 0 Å². The van der Waals surface area contributed by atoms with Gasteiger partial charge in [0.15, 0.2) is 0 Å². The van der Waals surface area contributed by atoms with Gasteiger partial charge in [0.1, 0.15) is 0 Å². The molecule has 0 aromatic carbocycles. The third kappa shape index (κ3) is 50.6. The first-order valence-electron chi connectivity index (χ1n) is 32.8. The molecule has 0 aliphatic heterocycles. The van der Waals surface area contributed by atoms with Crippen molar-refractivity contribution in [2.75, 3.05) is 0 Å². The maximum absolute atomic E-state index is 2.37. The molecule has 0 nitrogen and oxygen atoms in total. The molecule has 1 fully saturated rings. The molecule has 3 atom stereocenters. The topological polar surface area (TPSA) is 0 Å². The standard InChI is InChI=1S/C11H24.C10H20.4C9H20.C9H19.C8H18.Y/c1-8(2)10(9(3)4)11(5,6)7;1-8(2)10(9(3)4)6-5-7-10;1-7(2)9(5,6)8(3)4;3*1-7(2)6-9(5)8(3)4;1-6-9(7(2)3)8(4)5;1-6(2)8(5)7(3)4;/h8-10H,1-7H3;8-9H,5-7H2,1-4H3;7-8H,1-6H3;3*7-9H,6H2,1-5H3;6-9H,1-5H3;6-8H,1-5H3;/q;;;;;;-1;;. The summed E-state index contributed by atoms with van der Waals surface area (Å²) >= 11 is 0. The quantitative estimate of drug-likeness (QED) is 0.107. The predicted molar refractivity (Wildman–Crippen MR) is 354 cm³/mol. The molecule has 1 aliphatic carbocycles. The Morgan fingerprint density at radius 2 is 0.587 bits per heavy atom. The molecule has 1 aliphatic rings. The van der Waals surface area contributed by atoms with Crippen molar-refractivity contribution in [1.29, 1.82) is 0 Å². The van der Waals surface area contributed by atoms with E-state index >= 15 is 0 Å². The van der Waals surface area contributed by atoms with Crippen LogP contribution in [0.2, 0.25) is 0 Å². The van der Waals surface area contributed by atoms with Crippen LogP contribution in [0.15, 0.2) is 0 Å². The van der Waals surface area contributed by atoms with E-state index < -0.39 is 0 Å². The zero-order valence-electron chi connectivity index (χ0n) is 61.6. The Morgan fingerprint density at radius 3 is 0.600 bits per heavy atom. The molecule has 1 heteroatoms. The van der Waals surface area contributed by atoms with Gasteiger partial charge in [-0.25, -0.2) is 0 Å². The van der Waals surface area contributed by atoms with Crippen molar-refractivity contribution < 1.29 is 32.7 Å². The molecule has 0 bridgehead atoms. The molecule has 0 aromatic rings. The van der Waals surface area contributed by atoms with Crippen LogP contribution >= 0.6 is 0 Å². The van der Waals surface area contributed by atoms with E-state index in [1.165, 1.54) is 38.5 Å². The fourth-order valence-electron chi connectivity index (χ4n) is 11.2. The second-order valence-corrected chi connectivity index (χ2v) is 32.2. The van der Waals surface area contributed by atoms with E-state index in [4.69, 9.17) is 0 Å². The summed E-state index contributed by atoms with van der Waals surface area (Å²) in [6, 6.07) is 0. The number of rotatable bonds is 20. The molecule has 0 saturated heterocycles. The molecule has 0 N–H and O–H groups in total. The fraction of sp³-hybridized carbons (Fsp3) is 0.986. The zero-order valence-corrected chi connectivity index (χ0v) is 64.4. The van der Waals surface area contributed by atoms with Gasteiger partial charge in [0.25, 0.3) is 0 Å². The van der Waals surface area contributed by atoms with Crippen LogP contribution in [0.3, 0.4) is 0 Å². The first-order valence-corrected chi connectivity index (χ1v) is 32.8. The van der Waals surface area contributed by atoms with Gasteiger partial charge in [0.05, 0.1) is 0 Å². The zero-order chi connectivity index (χ0) is 61.2. The Kier molecular flexibility index (Phi) is 60.0. The van der Waals surface area contributed by atoms with Gasteiger partial charge in [0.2, 0.25) is 0 Å². The van der Waals surface area contributed by atoms with Crippen LogP contribution < -0.4 is 0 Å². The molecule has 0 heterocycles. The van der Waals surface area contributed by atoms with Gasteiger partial charge in [-0.05, 0) is 161 Å². The van der Waals surface area contributed by atoms with Crippen molar-refractivity contribution in [3.05, 3.63) is 6.42 Å². The van der Waals surface area contributed by atoms with Crippen molar-refractivity contribution in [3.63, 3.8) is 0 Å². The van der Waals surface area contributed by atoms with E-state index in [2.05, 4.69) is 297 Å². The van der Waals surface area contributed by atoms with Crippen LogP contribution in [-0.2, 0) is 32.7 Å². The normalized spacial score (nSPS) is 14.8. The molecular weight excluding hydrogens is 978 g/mol. The second-order valence-electron chi connectivity index (χ2n) is 32.2. The Hall–Kier alpha value is 1.10. The van der Waals surface area contributed by atoms with Gasteiger partial charge in [-0.2, -0.15) is 12.8 Å². The molecular formula is C74H161Y-. The molecule has 0 spiro atoms. The summed E-state index contributed by atoms with van der Waals surface area (Å²) in [5, 5.41) is 0. The van der Waals surface area contributed by atoms with Gasteiger partial charge in [-0.1, -0.05) is 302 Å². The predicted octanol–water partition coefficient (Wildman–Crippen LogP) is 26.8. The smallest absolute Gasteiger partial charge is 0 e. The Balaban J connectivity index is -0.000000114. The summed E-state index contributed by atoms with van der Waals surface area (Å²) in [4.78, 5) is 0. The van der Waals surface area contributed by atoms with Crippen LogP contribution in [0.4, 0.5) is 0 Å². The molecule has 1 rings (SSSR count). The number of hydrogen-bond acceptors (Lipinski definition) is 0. The van der Waals surface area contributed by atoms with Crippen LogP contribution in [0.5, 0.6) is 0 Å². The minimum atomic E-state index is 0. The van der Waals surface area contributed by atoms with E-state index in [1.54, 1.807) is 0 Å². The minimum absolute atomic E-state index is 0. The van der Waals surface area contributed by atoms with Gasteiger partial charge >= 0.3 is 0 Å². The van der Waals surface area contributed by atoms with Gasteiger partial charge in [0, 0.05) is 32.7 Å². The van der Waals surface area contributed by atoms with Gasteiger partial charge in [-0.15, -0.1) is 0 Å². The average molecular weight is 1140 g/mol. The largest absolute Gasteiger partial charge is 0.328 e. The third-order valence-corrected chi connectivity index (χ3v) is 19.0. The summed E-state index contributed by atoms with van der Waals surface area (Å²) < 4.78 is 0. The summed E-state index contributed by atoms with van der Waals surface area (Å²) in [6.07, 6.45) is 10.9. The molecule has 461 valence electrons. The molecule has 0 amide bonds. The fourth-order valence-corrected chi connectivity index (χ4v) is 11.2. The first kappa shape index (κ1) is 92.6. The average Bonchev–Trinajstić information content (AvgIpc) is 3.16. The maximum atomic E-state index is 2.37. The van der Waals surface area contributed by atoms with Crippen molar-refractivity contribution in [2.24, 2.45) is 146 Å². The molecule has 0 aromatic heterocycles. The van der Waals surface area contributed by atoms with Gasteiger partial charge in [-0.3, -0.25) is 0 Å². The molecule has 3 unspecified atom stereocenters. The van der Waals surface area contributed by atoms with Crippen molar-refractivity contribution in [2.45, 2.75) is 329 Å². The van der Waals surface area contributed by atoms with E-state index in [-0.39, 0.29) is 32.7 Å². The second kappa shape index (κ2) is 48.6. The number of hydrogen-bond donors (Lipinski definition) is 0. The molecule has 1 radical (unpaired) electrons. The Labute approximate surface area is 511 Å². The van der Waals surface area contributed by atoms with Crippen LogP contribution in [0.1, 0.15) is 329 Å². The molecule has 1 saturated carbocycles. The van der Waals surface area contributed by atoms with Crippen molar-refractivity contribution in [3.8, 4) is 0 Å². The SMILES string of the molecule is CC(C)C(C(C)C)C(C)(C)C.CC(C)C(C)(C)C(C)C.CC(C)C(C)C(C)C.CC(C)C1(C(C)C)CCC1.CC(C)CC(C)C(C)C.CC(C)CC(C)C(C)C.CC(C)CC(C)C(C)C.C[CH-]C(C(C)C)C(C)C.[Y]. The minimum Gasteiger partial charge on any atom is -0.328 e. The summed E-state index contributed by atoms with van der Waals surface area (Å²) in [7, 11) is 0. The monoisotopic (exact) mass is 1140 g/mol. The maximum Gasteiger partial charge on any atom is 0 e. The summed E-state index contributed by atoms with van der Waals surface area (Å²) in [5.74, 6) is 18.6. The molecule has 75 heavy (non-hydrogen) atoms. The van der Waals surface area contributed by atoms with E-state index in [9.17, 15) is 0 Å². The first-order chi connectivity index (χ1) is 33.0. The van der Waals surface area contributed by atoms with Crippen LogP contribution in [0.25, 0.3) is 0 Å².